The second-order valence-corrected chi connectivity index (χ2v) is 9.67. The second-order valence-electron chi connectivity index (χ2n) is 7.99. The van der Waals surface area contributed by atoms with E-state index in [1.165, 1.54) is 43.5 Å². The highest BCUT2D eigenvalue weighted by atomic mass is 32.2. The van der Waals surface area contributed by atoms with Crippen LogP contribution >= 0.6 is 0 Å². The zero-order chi connectivity index (χ0) is 24.0. The zero-order valence-electron chi connectivity index (χ0n) is 18.8. The first-order valence-corrected chi connectivity index (χ1v) is 12.2. The molecule has 2 aromatic carbocycles. The Balaban J connectivity index is 1.90. The highest BCUT2D eigenvalue weighted by Gasteiger charge is 2.26. The minimum Gasteiger partial charge on any atom is -0.496 e. The molecule has 0 atom stereocenters. The maximum atomic E-state index is 13.2. The van der Waals surface area contributed by atoms with Gasteiger partial charge in [0.2, 0.25) is 0 Å². The summed E-state index contributed by atoms with van der Waals surface area (Å²) >= 11 is 0. The predicted octanol–water partition coefficient (Wildman–Crippen LogP) is 3.28. The lowest BCUT2D eigenvalue weighted by atomic mass is 9.98. The number of nitrogens with zero attached hydrogens (tertiary/aromatic N) is 1. The minimum atomic E-state index is -4.09. The van der Waals surface area contributed by atoms with Crippen molar-refractivity contribution in [1.82, 2.24) is 10.2 Å². The number of anilines is 1. The highest BCUT2D eigenvalue weighted by Crippen LogP contribution is 2.28. The monoisotopic (exact) mass is 471 g/mol. The van der Waals surface area contributed by atoms with Gasteiger partial charge in [-0.2, -0.15) is 0 Å². The number of rotatable bonds is 8. The van der Waals surface area contributed by atoms with Crippen molar-refractivity contribution in [3.63, 3.8) is 0 Å². The zero-order valence-corrected chi connectivity index (χ0v) is 19.7. The molecular weight excluding hydrogens is 442 g/mol. The molecule has 1 aliphatic heterocycles. The average Bonchev–Trinajstić information content (AvgIpc) is 2.82. The van der Waals surface area contributed by atoms with E-state index in [2.05, 4.69) is 23.5 Å². The number of piperidine rings is 1. The van der Waals surface area contributed by atoms with E-state index < -0.39 is 15.9 Å². The van der Waals surface area contributed by atoms with Crippen LogP contribution in [0.15, 0.2) is 60.0 Å². The van der Waals surface area contributed by atoms with Gasteiger partial charge in [0.1, 0.15) is 5.75 Å². The molecule has 1 saturated heterocycles. The van der Waals surface area contributed by atoms with Crippen LogP contribution in [0, 0.1) is 5.92 Å². The summed E-state index contributed by atoms with van der Waals surface area (Å²) in [4.78, 5) is 27.2. The molecule has 0 radical (unpaired) electrons. The molecule has 9 heteroatoms. The summed E-state index contributed by atoms with van der Waals surface area (Å²) in [5.74, 6) is 0.163. The van der Waals surface area contributed by atoms with Crippen LogP contribution in [0.5, 0.6) is 5.75 Å². The van der Waals surface area contributed by atoms with Crippen molar-refractivity contribution in [3.8, 4) is 5.75 Å². The van der Waals surface area contributed by atoms with E-state index in [4.69, 9.17) is 4.74 Å². The number of sulfonamides is 1. The van der Waals surface area contributed by atoms with E-state index >= 15 is 0 Å². The molecule has 1 aliphatic rings. The molecule has 1 heterocycles. The summed E-state index contributed by atoms with van der Waals surface area (Å²) in [6, 6.07) is 10.5. The molecule has 33 heavy (non-hydrogen) atoms. The molecule has 0 unspecified atom stereocenters. The Morgan fingerprint density at radius 2 is 1.85 bits per heavy atom. The fourth-order valence-electron chi connectivity index (χ4n) is 3.64. The molecule has 0 bridgehead atoms. The number of nitrogens with one attached hydrogen (secondary N) is 2. The van der Waals surface area contributed by atoms with Crippen LogP contribution in [-0.2, 0) is 10.0 Å². The Morgan fingerprint density at radius 1 is 1.15 bits per heavy atom. The van der Waals surface area contributed by atoms with Crippen molar-refractivity contribution in [1.29, 1.82) is 0 Å². The number of amides is 2. The lowest BCUT2D eigenvalue weighted by Gasteiger charge is -2.30. The third-order valence-electron chi connectivity index (χ3n) is 5.61. The van der Waals surface area contributed by atoms with Gasteiger partial charge < -0.3 is 15.0 Å². The van der Waals surface area contributed by atoms with Gasteiger partial charge in [0.25, 0.3) is 21.8 Å². The lowest BCUT2D eigenvalue weighted by Crippen LogP contribution is -2.38. The first kappa shape index (κ1) is 24.3. The number of ether oxygens (including phenoxy) is 1. The largest absolute Gasteiger partial charge is 0.496 e. The van der Waals surface area contributed by atoms with Gasteiger partial charge >= 0.3 is 0 Å². The molecule has 2 N–H and O–H groups in total. The van der Waals surface area contributed by atoms with E-state index in [1.54, 1.807) is 17.0 Å². The van der Waals surface area contributed by atoms with Crippen LogP contribution in [0.1, 0.15) is 40.5 Å². The molecule has 0 aliphatic carbocycles. The lowest BCUT2D eigenvalue weighted by molar-refractivity contribution is 0.0693. The number of carbonyl (C=O) groups excluding carboxylic acids is 2. The molecule has 0 spiro atoms. The fraction of sp³-hybridized carbons (Fsp3) is 0.333. The van der Waals surface area contributed by atoms with Crippen molar-refractivity contribution in [2.24, 2.45) is 5.92 Å². The minimum absolute atomic E-state index is 0.0988. The number of carbonyl (C=O) groups is 2. The standard InChI is InChI=1S/C24H29N3O5S/c1-4-13-25-23(28)19-7-5-6-8-21(19)26-33(30,31)18-9-10-22(32-3)20(16-18)24(29)27-14-11-17(2)12-15-27/h4-10,16-17,26H,1,11-15H2,2-3H3,(H,25,28). The molecule has 2 aromatic rings. The van der Waals surface area contributed by atoms with Crippen LogP contribution in [0.2, 0.25) is 0 Å². The van der Waals surface area contributed by atoms with E-state index in [1.807, 2.05) is 0 Å². The maximum Gasteiger partial charge on any atom is 0.261 e. The van der Waals surface area contributed by atoms with Gasteiger partial charge in [0.15, 0.2) is 0 Å². The first-order valence-electron chi connectivity index (χ1n) is 10.7. The van der Waals surface area contributed by atoms with Gasteiger partial charge in [-0.3, -0.25) is 14.3 Å². The van der Waals surface area contributed by atoms with Crippen LogP contribution in [0.25, 0.3) is 0 Å². The third-order valence-corrected chi connectivity index (χ3v) is 6.97. The number of methoxy groups -OCH3 is 1. The quantitative estimate of drug-likeness (QED) is 0.575. The van der Waals surface area contributed by atoms with Crippen LogP contribution in [-0.4, -0.2) is 51.9 Å². The molecule has 3 rings (SSSR count). The first-order chi connectivity index (χ1) is 15.8. The summed E-state index contributed by atoms with van der Waals surface area (Å²) < 4.78 is 34.1. The van der Waals surface area contributed by atoms with Crippen molar-refractivity contribution < 1.29 is 22.7 Å². The van der Waals surface area contributed by atoms with Crippen molar-refractivity contribution in [2.75, 3.05) is 31.5 Å². The molecule has 1 fully saturated rings. The van der Waals surface area contributed by atoms with E-state index in [9.17, 15) is 18.0 Å². The van der Waals surface area contributed by atoms with E-state index in [0.29, 0.717) is 24.8 Å². The number of hydrogen-bond acceptors (Lipinski definition) is 5. The average molecular weight is 472 g/mol. The predicted molar refractivity (Wildman–Crippen MR) is 127 cm³/mol. The van der Waals surface area contributed by atoms with E-state index in [0.717, 1.165) is 12.8 Å². The Hall–Kier alpha value is -3.33. The summed E-state index contributed by atoms with van der Waals surface area (Å²) in [5, 5.41) is 2.63. The van der Waals surface area contributed by atoms with Gasteiger partial charge in [0.05, 0.1) is 28.8 Å². The number of likely N-dealkylation sites (tertiary alicyclic amines) is 1. The molecule has 8 nitrogen and oxygen atoms in total. The van der Waals surface area contributed by atoms with Crippen LogP contribution < -0.4 is 14.8 Å². The van der Waals surface area contributed by atoms with Gasteiger partial charge in [-0.1, -0.05) is 25.1 Å². The topological polar surface area (TPSA) is 105 Å². The van der Waals surface area contributed by atoms with Crippen molar-refractivity contribution >= 4 is 27.5 Å². The number of hydrogen-bond donors (Lipinski definition) is 2. The number of benzene rings is 2. The Morgan fingerprint density at radius 3 is 2.52 bits per heavy atom. The van der Waals surface area contributed by atoms with Gasteiger partial charge in [-0.25, -0.2) is 8.42 Å². The Labute approximate surface area is 194 Å². The number of para-hydroxylation sites is 1. The fourth-order valence-corrected chi connectivity index (χ4v) is 4.74. The summed E-state index contributed by atoms with van der Waals surface area (Å²) in [5.41, 5.74) is 0.495. The van der Waals surface area contributed by atoms with Gasteiger partial charge in [-0.05, 0) is 49.1 Å². The summed E-state index contributed by atoms with van der Waals surface area (Å²) in [7, 11) is -2.65. The Bertz CT molecular complexity index is 1140. The SMILES string of the molecule is C=CCNC(=O)c1ccccc1NS(=O)(=O)c1ccc(OC)c(C(=O)N2CCC(C)CC2)c1. The molecule has 176 valence electrons. The molecule has 2 amide bonds. The summed E-state index contributed by atoms with van der Waals surface area (Å²) in [6.45, 7) is 7.19. The molecular formula is C24H29N3O5S. The second kappa shape index (κ2) is 10.5. The van der Waals surface area contributed by atoms with Crippen LogP contribution in [0.3, 0.4) is 0 Å². The third kappa shape index (κ3) is 5.73. The molecule has 0 aromatic heterocycles. The summed E-state index contributed by atoms with van der Waals surface area (Å²) in [6.07, 6.45) is 3.33. The highest BCUT2D eigenvalue weighted by molar-refractivity contribution is 7.92. The van der Waals surface area contributed by atoms with Gasteiger partial charge in [-0.15, -0.1) is 6.58 Å². The smallest absolute Gasteiger partial charge is 0.261 e. The molecule has 0 saturated carbocycles. The Kier molecular flexibility index (Phi) is 7.75. The maximum absolute atomic E-state index is 13.2. The normalized spacial score (nSPS) is 14.4. The van der Waals surface area contributed by atoms with Crippen molar-refractivity contribution in [2.45, 2.75) is 24.7 Å². The van der Waals surface area contributed by atoms with E-state index in [-0.39, 0.29) is 34.2 Å². The van der Waals surface area contributed by atoms with Crippen molar-refractivity contribution in [3.05, 3.63) is 66.2 Å². The van der Waals surface area contributed by atoms with Crippen LogP contribution in [0.4, 0.5) is 5.69 Å². The van der Waals surface area contributed by atoms with Gasteiger partial charge in [0, 0.05) is 19.6 Å².